The van der Waals surface area contributed by atoms with Crippen LogP contribution >= 0.6 is 0 Å². The Morgan fingerprint density at radius 1 is 1.14 bits per heavy atom. The standard InChI is InChI=1S/C17H21N3O/c1-12-6-7-15(10-13(12)2)20-17(18)19-9-8-14-4-3-5-16(21)11-14/h3-7,10-11,21H,8-9H2,1-2H3,(H3,18,19,20). The van der Waals surface area contributed by atoms with Crippen molar-refractivity contribution >= 4 is 11.6 Å². The summed E-state index contributed by atoms with van der Waals surface area (Å²) in [5.41, 5.74) is 10.3. The maximum absolute atomic E-state index is 9.39. The highest BCUT2D eigenvalue weighted by atomic mass is 16.3. The van der Waals surface area contributed by atoms with Crippen molar-refractivity contribution in [2.75, 3.05) is 11.9 Å². The molecule has 0 aromatic heterocycles. The van der Waals surface area contributed by atoms with Crippen LogP contribution in [0.1, 0.15) is 16.7 Å². The molecule has 0 spiro atoms. The lowest BCUT2D eigenvalue weighted by Gasteiger charge is -2.08. The molecule has 4 heteroatoms. The Morgan fingerprint density at radius 2 is 1.95 bits per heavy atom. The van der Waals surface area contributed by atoms with Gasteiger partial charge >= 0.3 is 0 Å². The fourth-order valence-corrected chi connectivity index (χ4v) is 2.02. The van der Waals surface area contributed by atoms with E-state index in [4.69, 9.17) is 5.73 Å². The van der Waals surface area contributed by atoms with E-state index in [0.717, 1.165) is 17.7 Å². The number of hydrogen-bond acceptors (Lipinski definition) is 2. The molecule has 21 heavy (non-hydrogen) atoms. The average Bonchev–Trinajstić information content (AvgIpc) is 2.43. The maximum Gasteiger partial charge on any atom is 0.193 e. The summed E-state index contributed by atoms with van der Waals surface area (Å²) in [7, 11) is 0. The third-order valence-corrected chi connectivity index (χ3v) is 3.37. The van der Waals surface area contributed by atoms with Gasteiger partial charge < -0.3 is 16.2 Å². The van der Waals surface area contributed by atoms with Crippen LogP contribution in [0.25, 0.3) is 0 Å². The van der Waals surface area contributed by atoms with Gasteiger partial charge in [0, 0.05) is 12.2 Å². The molecule has 0 bridgehead atoms. The zero-order valence-electron chi connectivity index (χ0n) is 12.4. The highest BCUT2D eigenvalue weighted by Gasteiger charge is 1.98. The minimum atomic E-state index is 0.276. The van der Waals surface area contributed by atoms with Gasteiger partial charge in [0.05, 0.1) is 0 Å². The topological polar surface area (TPSA) is 70.6 Å². The highest BCUT2D eigenvalue weighted by Crippen LogP contribution is 2.14. The third-order valence-electron chi connectivity index (χ3n) is 3.37. The summed E-state index contributed by atoms with van der Waals surface area (Å²) in [4.78, 5) is 4.30. The maximum atomic E-state index is 9.39. The van der Waals surface area contributed by atoms with Crippen LogP contribution in [0.15, 0.2) is 47.5 Å². The average molecular weight is 283 g/mol. The number of phenols is 1. The third kappa shape index (κ3) is 4.53. The molecule has 0 radical (unpaired) electrons. The highest BCUT2D eigenvalue weighted by molar-refractivity contribution is 5.92. The Morgan fingerprint density at radius 3 is 2.67 bits per heavy atom. The van der Waals surface area contributed by atoms with Crippen LogP contribution in [0.5, 0.6) is 5.75 Å². The van der Waals surface area contributed by atoms with E-state index in [1.165, 1.54) is 11.1 Å². The normalized spacial score (nSPS) is 11.4. The number of nitrogens with two attached hydrogens (primary N) is 1. The van der Waals surface area contributed by atoms with E-state index in [1.807, 2.05) is 24.3 Å². The second-order valence-corrected chi connectivity index (χ2v) is 5.11. The lowest BCUT2D eigenvalue weighted by Crippen LogP contribution is -2.23. The number of hydrogen-bond donors (Lipinski definition) is 3. The van der Waals surface area contributed by atoms with Crippen LogP contribution in [-0.2, 0) is 6.42 Å². The summed E-state index contributed by atoms with van der Waals surface area (Å²) in [6.07, 6.45) is 0.740. The van der Waals surface area contributed by atoms with E-state index < -0.39 is 0 Å². The van der Waals surface area contributed by atoms with Crippen molar-refractivity contribution in [3.8, 4) is 5.75 Å². The van der Waals surface area contributed by atoms with Crippen molar-refractivity contribution in [1.29, 1.82) is 0 Å². The second-order valence-electron chi connectivity index (χ2n) is 5.11. The molecule has 0 unspecified atom stereocenters. The van der Waals surface area contributed by atoms with Crippen molar-refractivity contribution in [3.05, 3.63) is 59.2 Å². The Bertz CT molecular complexity index is 650. The monoisotopic (exact) mass is 283 g/mol. The van der Waals surface area contributed by atoms with Crippen LogP contribution in [0.3, 0.4) is 0 Å². The number of aliphatic imine (C=N–C) groups is 1. The molecule has 0 saturated heterocycles. The van der Waals surface area contributed by atoms with E-state index in [2.05, 4.69) is 30.2 Å². The number of aromatic hydroxyl groups is 1. The molecule has 0 aliphatic rings. The van der Waals surface area contributed by atoms with Gasteiger partial charge in [-0.15, -0.1) is 0 Å². The summed E-state index contributed by atoms with van der Waals surface area (Å²) in [6.45, 7) is 4.72. The van der Waals surface area contributed by atoms with Gasteiger partial charge in [-0.25, -0.2) is 0 Å². The molecule has 0 heterocycles. The molecule has 2 aromatic carbocycles. The zero-order valence-corrected chi connectivity index (χ0v) is 12.4. The van der Waals surface area contributed by atoms with Gasteiger partial charge in [0.1, 0.15) is 5.75 Å². The fraction of sp³-hybridized carbons (Fsp3) is 0.235. The first-order valence-electron chi connectivity index (χ1n) is 6.97. The molecule has 110 valence electrons. The predicted molar refractivity (Wildman–Crippen MR) is 87.8 cm³/mol. The predicted octanol–water partition coefficient (Wildman–Crippen LogP) is 2.98. The van der Waals surface area contributed by atoms with Crippen LogP contribution in [0.4, 0.5) is 5.69 Å². The second kappa shape index (κ2) is 6.79. The van der Waals surface area contributed by atoms with Crippen molar-refractivity contribution in [1.82, 2.24) is 0 Å². The molecule has 0 amide bonds. The number of rotatable bonds is 4. The Hall–Kier alpha value is -2.49. The van der Waals surface area contributed by atoms with Crippen molar-refractivity contribution in [2.45, 2.75) is 20.3 Å². The van der Waals surface area contributed by atoms with Crippen LogP contribution in [0, 0.1) is 13.8 Å². The summed E-state index contributed by atoms with van der Waals surface area (Å²) < 4.78 is 0. The number of guanidine groups is 1. The van der Waals surface area contributed by atoms with Crippen LogP contribution in [-0.4, -0.2) is 17.6 Å². The lowest BCUT2D eigenvalue weighted by atomic mass is 10.1. The quantitative estimate of drug-likeness (QED) is 0.597. The van der Waals surface area contributed by atoms with E-state index in [0.29, 0.717) is 12.5 Å². The summed E-state index contributed by atoms with van der Waals surface area (Å²) >= 11 is 0. The first-order chi connectivity index (χ1) is 10.0. The zero-order chi connectivity index (χ0) is 15.2. The minimum absolute atomic E-state index is 0.276. The smallest absolute Gasteiger partial charge is 0.193 e. The summed E-state index contributed by atoms with van der Waals surface area (Å²) in [5, 5.41) is 12.5. The number of benzene rings is 2. The van der Waals surface area contributed by atoms with Crippen LogP contribution < -0.4 is 11.1 Å². The van der Waals surface area contributed by atoms with Crippen molar-refractivity contribution in [3.63, 3.8) is 0 Å². The molecule has 0 aliphatic carbocycles. The van der Waals surface area contributed by atoms with Gasteiger partial charge in [-0.1, -0.05) is 18.2 Å². The Kier molecular flexibility index (Phi) is 4.82. The molecule has 2 rings (SSSR count). The van der Waals surface area contributed by atoms with Gasteiger partial charge in [-0.3, -0.25) is 4.99 Å². The van der Waals surface area contributed by atoms with E-state index >= 15 is 0 Å². The Labute approximate surface area is 125 Å². The number of nitrogens with zero attached hydrogens (tertiary/aromatic N) is 1. The molecule has 0 fully saturated rings. The molecular formula is C17H21N3O. The van der Waals surface area contributed by atoms with Gasteiger partial charge in [0.25, 0.3) is 0 Å². The van der Waals surface area contributed by atoms with E-state index in [-0.39, 0.29) is 5.75 Å². The van der Waals surface area contributed by atoms with Gasteiger partial charge in [-0.05, 0) is 61.2 Å². The van der Waals surface area contributed by atoms with Gasteiger partial charge in [0.15, 0.2) is 5.96 Å². The number of nitrogens with one attached hydrogen (secondary N) is 1. The first kappa shape index (κ1) is 14.9. The lowest BCUT2D eigenvalue weighted by molar-refractivity contribution is 0.474. The first-order valence-corrected chi connectivity index (χ1v) is 6.97. The summed E-state index contributed by atoms with van der Waals surface area (Å²) in [6, 6.07) is 13.3. The molecule has 0 saturated carbocycles. The SMILES string of the molecule is Cc1ccc(NC(N)=NCCc2cccc(O)c2)cc1C. The number of aryl methyl sites for hydroxylation is 2. The van der Waals surface area contributed by atoms with E-state index in [9.17, 15) is 5.11 Å². The fourth-order valence-electron chi connectivity index (χ4n) is 2.02. The molecule has 0 aliphatic heterocycles. The van der Waals surface area contributed by atoms with Crippen molar-refractivity contribution < 1.29 is 5.11 Å². The number of phenolic OH excluding ortho intramolecular Hbond substituents is 1. The van der Waals surface area contributed by atoms with Crippen LogP contribution in [0.2, 0.25) is 0 Å². The minimum Gasteiger partial charge on any atom is -0.508 e. The largest absolute Gasteiger partial charge is 0.508 e. The van der Waals surface area contributed by atoms with Crippen molar-refractivity contribution in [2.24, 2.45) is 10.7 Å². The Balaban J connectivity index is 1.90. The molecule has 2 aromatic rings. The van der Waals surface area contributed by atoms with E-state index in [1.54, 1.807) is 12.1 Å². The van der Waals surface area contributed by atoms with Gasteiger partial charge in [-0.2, -0.15) is 0 Å². The molecule has 4 N–H and O–H groups in total. The molecular weight excluding hydrogens is 262 g/mol. The summed E-state index contributed by atoms with van der Waals surface area (Å²) in [5.74, 6) is 0.677. The van der Waals surface area contributed by atoms with Gasteiger partial charge in [0.2, 0.25) is 0 Å². The number of anilines is 1. The molecule has 4 nitrogen and oxygen atoms in total. The molecule has 0 atom stereocenters.